The second-order valence-corrected chi connectivity index (χ2v) is 6.37. The first-order valence-electron chi connectivity index (χ1n) is 7.83. The number of anilines is 1. The molecule has 1 aromatic rings. The molecule has 0 saturated carbocycles. The Bertz CT molecular complexity index is 684. The summed E-state index contributed by atoms with van der Waals surface area (Å²) in [6, 6.07) is 5.53. The molecule has 0 spiro atoms. The average molecular weight is 382 g/mol. The minimum Gasteiger partial charge on any atom is -0.450 e. The third-order valence-electron chi connectivity index (χ3n) is 3.66. The third-order valence-corrected chi connectivity index (χ3v) is 4.55. The molecule has 0 aliphatic carbocycles. The maximum Gasteiger partial charge on any atom is 0.409 e. The highest BCUT2D eigenvalue weighted by molar-refractivity contribution is 8.13. The van der Waals surface area contributed by atoms with Crippen molar-refractivity contribution in [2.75, 3.05) is 43.9 Å². The monoisotopic (exact) mass is 381 g/mol. The fourth-order valence-electron chi connectivity index (χ4n) is 2.46. The topological polar surface area (TPSA) is 81.0 Å². The van der Waals surface area contributed by atoms with Gasteiger partial charge < -0.3 is 14.5 Å². The Morgan fingerprint density at radius 3 is 2.72 bits per heavy atom. The molecular formula is C16H20ClN5O2S. The van der Waals surface area contributed by atoms with Crippen LogP contribution in [0.1, 0.15) is 6.92 Å². The number of ether oxygens (including phenoxy) is 1. The van der Waals surface area contributed by atoms with Crippen LogP contribution in [0.4, 0.5) is 16.2 Å². The molecule has 7 nitrogen and oxygen atoms in total. The molecule has 0 aromatic heterocycles. The summed E-state index contributed by atoms with van der Waals surface area (Å²) < 4.78 is 5.03. The lowest BCUT2D eigenvalue weighted by Gasteiger charge is -2.35. The maximum atomic E-state index is 11.8. The van der Waals surface area contributed by atoms with Gasteiger partial charge in [-0.3, -0.25) is 5.32 Å². The van der Waals surface area contributed by atoms with Gasteiger partial charge in [-0.05, 0) is 31.4 Å². The van der Waals surface area contributed by atoms with Crippen molar-refractivity contribution in [1.82, 2.24) is 10.2 Å². The SMILES string of the molecule is CCOC(=O)N1CCN(c2ccc(N=C(NC#N)SC)cc2Cl)CC1. The van der Waals surface area contributed by atoms with Crippen LogP contribution in [0.15, 0.2) is 23.2 Å². The molecule has 0 atom stereocenters. The lowest BCUT2D eigenvalue weighted by atomic mass is 10.2. The number of hydrogen-bond donors (Lipinski definition) is 1. The van der Waals surface area contributed by atoms with Crippen LogP contribution in [0.2, 0.25) is 5.02 Å². The summed E-state index contributed by atoms with van der Waals surface area (Å²) in [6.07, 6.45) is 3.42. The quantitative estimate of drug-likeness (QED) is 0.375. The van der Waals surface area contributed by atoms with Crippen LogP contribution in [-0.4, -0.2) is 55.2 Å². The number of benzene rings is 1. The summed E-state index contributed by atoms with van der Waals surface area (Å²) in [4.78, 5) is 19.9. The van der Waals surface area contributed by atoms with Crippen LogP contribution in [0, 0.1) is 11.5 Å². The highest BCUT2D eigenvalue weighted by Gasteiger charge is 2.23. The fourth-order valence-corrected chi connectivity index (χ4v) is 3.09. The van der Waals surface area contributed by atoms with Gasteiger partial charge in [0.1, 0.15) is 0 Å². The molecule has 1 aromatic carbocycles. The summed E-state index contributed by atoms with van der Waals surface area (Å²) in [5, 5.41) is 12.3. The molecule has 134 valence electrons. The van der Waals surface area contributed by atoms with E-state index >= 15 is 0 Å². The zero-order valence-corrected chi connectivity index (χ0v) is 15.7. The molecule has 1 aliphatic heterocycles. The number of amides is 1. The van der Waals surface area contributed by atoms with Gasteiger partial charge in [0, 0.05) is 26.2 Å². The van der Waals surface area contributed by atoms with E-state index in [-0.39, 0.29) is 6.09 Å². The number of halogens is 1. The molecule has 25 heavy (non-hydrogen) atoms. The van der Waals surface area contributed by atoms with Gasteiger partial charge in [-0.2, -0.15) is 5.26 Å². The number of nitrogens with one attached hydrogen (secondary N) is 1. The number of carbonyl (C=O) groups is 1. The van der Waals surface area contributed by atoms with Crippen LogP contribution in [0.25, 0.3) is 0 Å². The summed E-state index contributed by atoms with van der Waals surface area (Å²) in [5.41, 5.74) is 1.58. The van der Waals surface area contributed by atoms with Gasteiger partial charge in [-0.25, -0.2) is 9.79 Å². The molecule has 2 rings (SSSR count). The van der Waals surface area contributed by atoms with Crippen molar-refractivity contribution in [3.8, 4) is 6.19 Å². The first-order chi connectivity index (χ1) is 12.1. The van der Waals surface area contributed by atoms with Crippen molar-refractivity contribution in [2.45, 2.75) is 6.92 Å². The van der Waals surface area contributed by atoms with E-state index < -0.39 is 0 Å². The van der Waals surface area contributed by atoms with Crippen LogP contribution < -0.4 is 10.2 Å². The Morgan fingerprint density at radius 1 is 1.44 bits per heavy atom. The van der Waals surface area contributed by atoms with E-state index in [9.17, 15) is 4.79 Å². The Balaban J connectivity index is 2.05. The number of nitrogens with zero attached hydrogens (tertiary/aromatic N) is 4. The molecule has 1 aliphatic rings. The minimum absolute atomic E-state index is 0.271. The van der Waals surface area contributed by atoms with Crippen LogP contribution in [-0.2, 0) is 4.74 Å². The van der Waals surface area contributed by atoms with Gasteiger partial charge in [-0.1, -0.05) is 23.4 Å². The molecule has 1 fully saturated rings. The first kappa shape index (κ1) is 19.2. The Labute approximate surface area is 156 Å². The smallest absolute Gasteiger partial charge is 0.409 e. The van der Waals surface area contributed by atoms with Crippen LogP contribution in [0.5, 0.6) is 0 Å². The van der Waals surface area contributed by atoms with Crippen molar-refractivity contribution in [1.29, 1.82) is 5.26 Å². The van der Waals surface area contributed by atoms with E-state index in [4.69, 9.17) is 21.6 Å². The van der Waals surface area contributed by atoms with E-state index in [0.717, 1.165) is 5.69 Å². The first-order valence-corrected chi connectivity index (χ1v) is 9.43. The van der Waals surface area contributed by atoms with Gasteiger partial charge in [0.05, 0.1) is 23.0 Å². The molecule has 1 N–H and O–H groups in total. The van der Waals surface area contributed by atoms with E-state index in [1.807, 2.05) is 24.6 Å². The molecule has 9 heteroatoms. The fraction of sp³-hybridized carbons (Fsp3) is 0.438. The Morgan fingerprint density at radius 2 is 2.16 bits per heavy atom. The molecule has 0 unspecified atom stereocenters. The number of hydrogen-bond acceptors (Lipinski definition) is 6. The normalized spacial score (nSPS) is 14.9. The number of thioether (sulfide) groups is 1. The summed E-state index contributed by atoms with van der Waals surface area (Å²) in [5.74, 6) is 0. The molecule has 1 saturated heterocycles. The lowest BCUT2D eigenvalue weighted by Crippen LogP contribution is -2.49. The van der Waals surface area contributed by atoms with Gasteiger partial charge in [0.25, 0.3) is 0 Å². The third kappa shape index (κ3) is 5.18. The predicted molar refractivity (Wildman–Crippen MR) is 102 cm³/mol. The molecule has 0 bridgehead atoms. The van der Waals surface area contributed by atoms with Gasteiger partial charge in [0.2, 0.25) is 0 Å². The molecule has 1 heterocycles. The second kappa shape index (κ2) is 9.39. The highest BCUT2D eigenvalue weighted by atomic mass is 35.5. The minimum atomic E-state index is -0.271. The van der Waals surface area contributed by atoms with Crippen molar-refractivity contribution in [3.63, 3.8) is 0 Å². The summed E-state index contributed by atoms with van der Waals surface area (Å²) >= 11 is 7.75. The van der Waals surface area contributed by atoms with Gasteiger partial charge >= 0.3 is 6.09 Å². The molecule has 1 amide bonds. The largest absolute Gasteiger partial charge is 0.450 e. The van der Waals surface area contributed by atoms with Gasteiger partial charge in [-0.15, -0.1) is 0 Å². The Hall–Kier alpha value is -2.11. The van der Waals surface area contributed by atoms with Gasteiger partial charge in [0.15, 0.2) is 11.4 Å². The number of amidine groups is 1. The molecule has 0 radical (unpaired) electrons. The van der Waals surface area contributed by atoms with E-state index in [0.29, 0.717) is 48.7 Å². The van der Waals surface area contributed by atoms with E-state index in [1.165, 1.54) is 11.8 Å². The van der Waals surface area contributed by atoms with E-state index in [1.54, 1.807) is 17.9 Å². The van der Waals surface area contributed by atoms with Crippen molar-refractivity contribution < 1.29 is 9.53 Å². The lowest BCUT2D eigenvalue weighted by molar-refractivity contribution is 0.105. The number of rotatable bonds is 3. The van der Waals surface area contributed by atoms with Crippen molar-refractivity contribution >= 4 is 46.0 Å². The molecular weight excluding hydrogens is 362 g/mol. The average Bonchev–Trinajstić information content (AvgIpc) is 2.62. The van der Waals surface area contributed by atoms with E-state index in [2.05, 4.69) is 15.2 Å². The zero-order valence-electron chi connectivity index (χ0n) is 14.2. The number of carbonyl (C=O) groups excluding carboxylic acids is 1. The zero-order chi connectivity index (χ0) is 18.2. The summed E-state index contributed by atoms with van der Waals surface area (Å²) in [7, 11) is 0. The standard InChI is InChI=1S/C16H20ClN5O2S/c1-3-24-16(23)22-8-6-21(7-9-22)14-5-4-12(10-13(14)17)20-15(25-2)19-11-18/h4-5,10H,3,6-9H2,1-2H3,(H,19,20). The maximum absolute atomic E-state index is 11.8. The van der Waals surface area contributed by atoms with Crippen LogP contribution >= 0.6 is 23.4 Å². The summed E-state index contributed by atoms with van der Waals surface area (Å²) in [6.45, 7) is 4.74. The van der Waals surface area contributed by atoms with Crippen molar-refractivity contribution in [2.24, 2.45) is 4.99 Å². The predicted octanol–water partition coefficient (Wildman–Crippen LogP) is 3.04. The number of nitriles is 1. The number of piperazine rings is 1. The van der Waals surface area contributed by atoms with Crippen LogP contribution in [0.3, 0.4) is 0 Å². The van der Waals surface area contributed by atoms with Crippen molar-refractivity contribution in [3.05, 3.63) is 23.2 Å². The number of aliphatic imine (C=N–C) groups is 1. The second-order valence-electron chi connectivity index (χ2n) is 5.17. The highest BCUT2D eigenvalue weighted by Crippen LogP contribution is 2.31. The Kier molecular flexibility index (Phi) is 7.22.